The Kier molecular flexibility index (Phi) is 3.69. The maximum atomic E-state index is 5.31. The second-order valence-corrected chi connectivity index (χ2v) is 3.54. The highest BCUT2D eigenvalue weighted by Gasteiger charge is 2.02. The molecule has 0 spiro atoms. The Morgan fingerprint density at radius 2 is 1.53 bits per heavy atom. The van der Waals surface area contributed by atoms with Gasteiger partial charge in [0.2, 0.25) is 0 Å². The van der Waals surface area contributed by atoms with Gasteiger partial charge in [0, 0.05) is 6.07 Å². The van der Waals surface area contributed by atoms with Gasteiger partial charge in [-0.1, -0.05) is 0 Å². The molecule has 0 amide bonds. The van der Waals surface area contributed by atoms with E-state index in [1.807, 2.05) is 0 Å². The lowest BCUT2D eigenvalue weighted by atomic mass is 10.5. The number of hydrogen-bond acceptors (Lipinski definition) is 4. The lowest BCUT2D eigenvalue weighted by Gasteiger charge is -2.07. The van der Waals surface area contributed by atoms with Crippen LogP contribution in [0.4, 0.5) is 11.6 Å². The average Bonchev–Trinajstić information content (AvgIpc) is 1.98. The number of thiocarbonyl (C=S) groups is 2. The first kappa shape index (κ1) is 11.5. The number of aryl methyl sites for hydroxylation is 1. The van der Waals surface area contributed by atoms with Crippen molar-refractivity contribution in [2.24, 2.45) is 11.5 Å². The number of hydrogen-bond donors (Lipinski definition) is 4. The number of nitrogens with zero attached hydrogens (tertiary/aromatic N) is 2. The molecule has 1 aromatic rings. The molecule has 6 nitrogen and oxygen atoms in total. The Bertz CT molecular complexity index is 370. The highest BCUT2D eigenvalue weighted by atomic mass is 32.1. The highest BCUT2D eigenvalue weighted by molar-refractivity contribution is 7.80. The summed E-state index contributed by atoms with van der Waals surface area (Å²) in [5.41, 5.74) is 10.6. The van der Waals surface area contributed by atoms with E-state index in [2.05, 4.69) is 45.0 Å². The molecule has 1 heterocycles. The number of rotatable bonds is 2. The van der Waals surface area contributed by atoms with Crippen LogP contribution in [0.15, 0.2) is 6.07 Å². The molecule has 8 heteroatoms. The zero-order valence-corrected chi connectivity index (χ0v) is 9.58. The molecule has 0 unspecified atom stereocenters. The van der Waals surface area contributed by atoms with Gasteiger partial charge in [0.1, 0.15) is 17.5 Å². The molecule has 0 bridgehead atoms. The summed E-state index contributed by atoms with van der Waals surface area (Å²) in [6.07, 6.45) is 0. The van der Waals surface area contributed by atoms with E-state index in [-0.39, 0.29) is 10.2 Å². The topological polar surface area (TPSA) is 102 Å². The SMILES string of the molecule is Cc1nc(NC(N)=S)cc(NC(N)=S)n1. The minimum absolute atomic E-state index is 0.134. The molecule has 0 aliphatic heterocycles. The second kappa shape index (κ2) is 4.80. The lowest BCUT2D eigenvalue weighted by molar-refractivity contribution is 1.06. The third-order valence-electron chi connectivity index (χ3n) is 1.34. The molecule has 15 heavy (non-hydrogen) atoms. The molecule has 6 N–H and O–H groups in total. The van der Waals surface area contributed by atoms with E-state index in [1.54, 1.807) is 13.0 Å². The van der Waals surface area contributed by atoms with Crippen LogP contribution in [0.25, 0.3) is 0 Å². The van der Waals surface area contributed by atoms with Crippen LogP contribution in [0.2, 0.25) is 0 Å². The van der Waals surface area contributed by atoms with Gasteiger partial charge in [-0.3, -0.25) is 0 Å². The van der Waals surface area contributed by atoms with E-state index in [9.17, 15) is 0 Å². The van der Waals surface area contributed by atoms with E-state index in [0.29, 0.717) is 17.5 Å². The summed E-state index contributed by atoms with van der Waals surface area (Å²) in [5, 5.41) is 5.65. The number of aromatic nitrogens is 2. The van der Waals surface area contributed by atoms with Gasteiger partial charge in [-0.15, -0.1) is 0 Å². The van der Waals surface area contributed by atoms with Crippen molar-refractivity contribution in [2.45, 2.75) is 6.92 Å². The minimum atomic E-state index is 0.134. The first-order valence-electron chi connectivity index (χ1n) is 3.96. The first-order valence-corrected chi connectivity index (χ1v) is 4.77. The smallest absolute Gasteiger partial charge is 0.169 e. The Balaban J connectivity index is 2.94. The molecular formula is C7H10N6S2. The Labute approximate surface area is 97.5 Å². The van der Waals surface area contributed by atoms with E-state index < -0.39 is 0 Å². The van der Waals surface area contributed by atoms with Crippen molar-refractivity contribution >= 4 is 46.3 Å². The summed E-state index contributed by atoms with van der Waals surface area (Å²) < 4.78 is 0. The van der Waals surface area contributed by atoms with Crippen molar-refractivity contribution in [3.8, 4) is 0 Å². The fraction of sp³-hybridized carbons (Fsp3) is 0.143. The normalized spacial score (nSPS) is 9.40. The molecule has 0 aliphatic rings. The first-order chi connectivity index (χ1) is 6.97. The van der Waals surface area contributed by atoms with Crippen LogP contribution in [0.1, 0.15) is 5.82 Å². The lowest BCUT2D eigenvalue weighted by Crippen LogP contribution is -2.22. The largest absolute Gasteiger partial charge is 0.376 e. The van der Waals surface area contributed by atoms with E-state index >= 15 is 0 Å². The summed E-state index contributed by atoms with van der Waals surface area (Å²) in [4.78, 5) is 8.13. The summed E-state index contributed by atoms with van der Waals surface area (Å²) in [5.74, 6) is 1.54. The van der Waals surface area contributed by atoms with Crippen LogP contribution in [-0.4, -0.2) is 20.2 Å². The predicted molar refractivity (Wildman–Crippen MR) is 67.6 cm³/mol. The Hall–Kier alpha value is -1.54. The summed E-state index contributed by atoms with van der Waals surface area (Å²) >= 11 is 9.37. The quantitative estimate of drug-likeness (QED) is 0.541. The molecule has 0 saturated heterocycles. The predicted octanol–water partition coefficient (Wildman–Crippen LogP) is 0.0960. The summed E-state index contributed by atoms with van der Waals surface area (Å²) in [6.45, 7) is 1.73. The van der Waals surface area contributed by atoms with Gasteiger partial charge in [0.25, 0.3) is 0 Å². The van der Waals surface area contributed by atoms with Crippen LogP contribution in [0.5, 0.6) is 0 Å². The third-order valence-corrected chi connectivity index (χ3v) is 1.54. The van der Waals surface area contributed by atoms with Crippen molar-refractivity contribution in [3.05, 3.63) is 11.9 Å². The van der Waals surface area contributed by atoms with Gasteiger partial charge in [0.15, 0.2) is 10.2 Å². The maximum Gasteiger partial charge on any atom is 0.169 e. The summed E-state index contributed by atoms with van der Waals surface area (Å²) in [6, 6.07) is 1.60. The second-order valence-electron chi connectivity index (χ2n) is 2.66. The van der Waals surface area contributed by atoms with E-state index in [0.717, 1.165) is 0 Å². The Morgan fingerprint density at radius 1 is 1.13 bits per heavy atom. The molecule has 1 aromatic heterocycles. The molecule has 0 radical (unpaired) electrons. The molecule has 0 saturated carbocycles. The Morgan fingerprint density at radius 3 is 1.87 bits per heavy atom. The van der Waals surface area contributed by atoms with Crippen LogP contribution >= 0.6 is 24.4 Å². The van der Waals surface area contributed by atoms with Gasteiger partial charge in [-0.05, 0) is 31.4 Å². The standard InChI is InChI=1S/C7H10N6S2/c1-3-10-4(12-6(8)14)2-5(11-3)13-7(9)15/h2H,1H3,(H6,8,9,10,11,12,13,14,15). The van der Waals surface area contributed by atoms with Gasteiger partial charge in [0.05, 0.1) is 0 Å². The van der Waals surface area contributed by atoms with E-state index in [4.69, 9.17) is 11.5 Å². The van der Waals surface area contributed by atoms with Crippen LogP contribution in [0, 0.1) is 6.92 Å². The molecular weight excluding hydrogens is 232 g/mol. The fourth-order valence-electron chi connectivity index (χ4n) is 0.948. The van der Waals surface area contributed by atoms with Gasteiger partial charge >= 0.3 is 0 Å². The van der Waals surface area contributed by atoms with Gasteiger partial charge < -0.3 is 22.1 Å². The number of nitrogens with one attached hydrogen (secondary N) is 2. The molecule has 0 fully saturated rings. The zero-order chi connectivity index (χ0) is 11.4. The third kappa shape index (κ3) is 4.00. The number of anilines is 2. The monoisotopic (exact) mass is 242 g/mol. The fourth-order valence-corrected chi connectivity index (χ4v) is 1.16. The van der Waals surface area contributed by atoms with Gasteiger partial charge in [-0.25, -0.2) is 9.97 Å². The molecule has 0 aromatic carbocycles. The molecule has 1 rings (SSSR count). The van der Waals surface area contributed by atoms with Crippen molar-refractivity contribution in [1.82, 2.24) is 9.97 Å². The minimum Gasteiger partial charge on any atom is -0.376 e. The highest BCUT2D eigenvalue weighted by Crippen LogP contribution is 2.10. The number of nitrogens with two attached hydrogens (primary N) is 2. The van der Waals surface area contributed by atoms with Crippen LogP contribution in [0.3, 0.4) is 0 Å². The molecule has 80 valence electrons. The van der Waals surface area contributed by atoms with Crippen molar-refractivity contribution in [3.63, 3.8) is 0 Å². The van der Waals surface area contributed by atoms with E-state index in [1.165, 1.54) is 0 Å². The van der Waals surface area contributed by atoms with Crippen molar-refractivity contribution in [1.29, 1.82) is 0 Å². The molecule has 0 atom stereocenters. The summed E-state index contributed by atoms with van der Waals surface area (Å²) in [7, 11) is 0. The maximum absolute atomic E-state index is 5.31. The van der Waals surface area contributed by atoms with Crippen LogP contribution in [-0.2, 0) is 0 Å². The van der Waals surface area contributed by atoms with Crippen molar-refractivity contribution in [2.75, 3.05) is 10.6 Å². The molecule has 0 aliphatic carbocycles. The zero-order valence-electron chi connectivity index (χ0n) is 7.94. The average molecular weight is 242 g/mol. The van der Waals surface area contributed by atoms with Gasteiger partial charge in [-0.2, -0.15) is 0 Å². The van der Waals surface area contributed by atoms with Crippen molar-refractivity contribution < 1.29 is 0 Å². The van der Waals surface area contributed by atoms with Crippen LogP contribution < -0.4 is 22.1 Å².